The number of rotatable bonds is 9. The first-order valence-corrected chi connectivity index (χ1v) is 12.8. The van der Waals surface area contributed by atoms with Crippen LogP contribution in [0.25, 0.3) is 17.1 Å². The highest BCUT2D eigenvalue weighted by Crippen LogP contribution is 2.34. The van der Waals surface area contributed by atoms with Crippen LogP contribution in [-0.2, 0) is 13.0 Å². The van der Waals surface area contributed by atoms with Crippen LogP contribution < -0.4 is 4.74 Å². The number of ether oxygens (including phenoxy) is 1. The van der Waals surface area contributed by atoms with Crippen molar-refractivity contribution in [3.05, 3.63) is 70.8 Å². The molecule has 3 aromatic heterocycles. The summed E-state index contributed by atoms with van der Waals surface area (Å²) >= 11 is 0. The largest absolute Gasteiger partial charge is 0.489 e. The van der Waals surface area contributed by atoms with E-state index in [0.717, 1.165) is 64.3 Å². The number of nitrogens with zero attached hydrogens (tertiary/aromatic N) is 6. The van der Waals surface area contributed by atoms with Gasteiger partial charge in [-0.3, -0.25) is 4.68 Å². The lowest BCUT2D eigenvalue weighted by atomic mass is 10.0. The van der Waals surface area contributed by atoms with Gasteiger partial charge in [-0.2, -0.15) is 10.2 Å². The van der Waals surface area contributed by atoms with Crippen LogP contribution in [0.5, 0.6) is 5.75 Å². The molecule has 0 amide bonds. The lowest BCUT2D eigenvalue weighted by molar-refractivity contribution is 0.296. The lowest BCUT2D eigenvalue weighted by Crippen LogP contribution is -2.10. The van der Waals surface area contributed by atoms with Gasteiger partial charge in [-0.05, 0) is 88.1 Å². The van der Waals surface area contributed by atoms with Crippen molar-refractivity contribution in [3.63, 3.8) is 0 Å². The van der Waals surface area contributed by atoms with Crippen molar-refractivity contribution in [1.82, 2.24) is 29.5 Å². The zero-order chi connectivity index (χ0) is 24.8. The van der Waals surface area contributed by atoms with Gasteiger partial charge in [0.25, 0.3) is 0 Å². The Morgan fingerprint density at radius 3 is 2.44 bits per heavy atom. The fourth-order valence-electron chi connectivity index (χ4n) is 4.70. The molecule has 36 heavy (non-hydrogen) atoms. The summed E-state index contributed by atoms with van der Waals surface area (Å²) in [5.41, 5.74) is 6.78. The summed E-state index contributed by atoms with van der Waals surface area (Å²) < 4.78 is 23.6. The van der Waals surface area contributed by atoms with E-state index in [1.807, 2.05) is 24.6 Å². The zero-order valence-electron chi connectivity index (χ0n) is 21.0. The Bertz CT molecular complexity index is 1400. The van der Waals surface area contributed by atoms with Crippen LogP contribution in [0.4, 0.5) is 4.39 Å². The Labute approximate surface area is 210 Å². The average Bonchev–Trinajstić information content (AvgIpc) is 3.80. The van der Waals surface area contributed by atoms with E-state index in [-0.39, 0.29) is 5.82 Å². The number of benzene rings is 1. The SMILES string of the molecule is Cc1nn(-c2cc(Cc3c(C)c(-c4ccc(F)cc4)nn3CC3CC3)ncn2)c(C)c1OCC1CC1. The quantitative estimate of drug-likeness (QED) is 0.318. The fourth-order valence-corrected chi connectivity index (χ4v) is 4.70. The monoisotopic (exact) mass is 486 g/mol. The molecule has 6 rings (SSSR count). The second kappa shape index (κ2) is 9.15. The van der Waals surface area contributed by atoms with Gasteiger partial charge in [0.15, 0.2) is 11.6 Å². The number of hydrogen-bond donors (Lipinski definition) is 0. The molecule has 0 unspecified atom stereocenters. The molecule has 1 aromatic carbocycles. The maximum absolute atomic E-state index is 13.5. The van der Waals surface area contributed by atoms with Gasteiger partial charge in [0.1, 0.15) is 17.8 Å². The van der Waals surface area contributed by atoms with Crippen molar-refractivity contribution in [1.29, 1.82) is 0 Å². The van der Waals surface area contributed by atoms with E-state index in [4.69, 9.17) is 14.9 Å². The zero-order valence-corrected chi connectivity index (χ0v) is 21.0. The molecule has 0 saturated heterocycles. The lowest BCUT2D eigenvalue weighted by Gasteiger charge is -2.09. The van der Waals surface area contributed by atoms with Gasteiger partial charge < -0.3 is 4.74 Å². The molecular weight excluding hydrogens is 455 g/mol. The maximum Gasteiger partial charge on any atom is 0.163 e. The topological polar surface area (TPSA) is 70.7 Å². The van der Waals surface area contributed by atoms with Crippen molar-refractivity contribution in [2.24, 2.45) is 11.8 Å². The van der Waals surface area contributed by atoms with E-state index in [1.54, 1.807) is 18.5 Å². The Morgan fingerprint density at radius 1 is 0.972 bits per heavy atom. The second-order valence-electron chi connectivity index (χ2n) is 10.3. The van der Waals surface area contributed by atoms with Crippen LogP contribution in [-0.4, -0.2) is 36.1 Å². The minimum Gasteiger partial charge on any atom is -0.489 e. The minimum absolute atomic E-state index is 0.243. The first-order chi connectivity index (χ1) is 17.5. The fraction of sp³-hybridized carbons (Fsp3) is 0.429. The molecule has 7 nitrogen and oxygen atoms in total. The molecule has 2 aliphatic carbocycles. The molecule has 0 radical (unpaired) electrons. The number of aryl methyl sites for hydroxylation is 1. The summed E-state index contributed by atoms with van der Waals surface area (Å²) in [6.07, 6.45) is 7.22. The van der Waals surface area contributed by atoms with E-state index in [1.165, 1.54) is 37.8 Å². The summed E-state index contributed by atoms with van der Waals surface area (Å²) in [5, 5.41) is 9.67. The van der Waals surface area contributed by atoms with Gasteiger partial charge in [-0.15, -0.1) is 0 Å². The van der Waals surface area contributed by atoms with Gasteiger partial charge >= 0.3 is 0 Å². The van der Waals surface area contributed by atoms with Crippen molar-refractivity contribution in [2.75, 3.05) is 6.61 Å². The maximum atomic E-state index is 13.5. The van der Waals surface area contributed by atoms with Crippen molar-refractivity contribution in [3.8, 4) is 22.8 Å². The smallest absolute Gasteiger partial charge is 0.163 e. The van der Waals surface area contributed by atoms with Crippen LogP contribution in [0.1, 0.15) is 54.0 Å². The van der Waals surface area contributed by atoms with Gasteiger partial charge in [0, 0.05) is 30.3 Å². The number of aromatic nitrogens is 6. The third-order valence-electron chi connectivity index (χ3n) is 7.23. The highest BCUT2D eigenvalue weighted by molar-refractivity contribution is 5.64. The molecule has 2 saturated carbocycles. The predicted molar refractivity (Wildman–Crippen MR) is 135 cm³/mol. The van der Waals surface area contributed by atoms with Crippen LogP contribution in [0.15, 0.2) is 36.7 Å². The number of hydrogen-bond acceptors (Lipinski definition) is 5. The first kappa shape index (κ1) is 22.9. The molecule has 186 valence electrons. The third-order valence-corrected chi connectivity index (χ3v) is 7.23. The first-order valence-electron chi connectivity index (χ1n) is 12.8. The van der Waals surface area contributed by atoms with Crippen LogP contribution >= 0.6 is 0 Å². The molecule has 3 heterocycles. The standard InChI is InChI=1S/C28H31FN6O/c1-17-25(34(14-20-4-5-20)33-27(17)22-8-10-23(29)11-9-22)12-24-13-26(31-16-30-24)35-19(3)28(18(2)32-35)36-15-21-6-7-21/h8-11,13,16,20-21H,4-7,12,14-15H2,1-3H3. The number of halogens is 1. The minimum atomic E-state index is -0.243. The van der Waals surface area contributed by atoms with Gasteiger partial charge in [-0.1, -0.05) is 0 Å². The van der Waals surface area contributed by atoms with E-state index in [9.17, 15) is 4.39 Å². The molecule has 0 aliphatic heterocycles. The highest BCUT2D eigenvalue weighted by atomic mass is 19.1. The average molecular weight is 487 g/mol. The molecule has 2 fully saturated rings. The van der Waals surface area contributed by atoms with E-state index in [0.29, 0.717) is 18.3 Å². The van der Waals surface area contributed by atoms with Crippen molar-refractivity contribution < 1.29 is 9.13 Å². The van der Waals surface area contributed by atoms with Gasteiger partial charge in [0.2, 0.25) is 0 Å². The second-order valence-corrected chi connectivity index (χ2v) is 10.3. The van der Waals surface area contributed by atoms with Crippen LogP contribution in [0, 0.1) is 38.4 Å². The van der Waals surface area contributed by atoms with E-state index in [2.05, 4.69) is 21.6 Å². The Kier molecular flexibility index (Phi) is 5.82. The molecular formula is C28H31FN6O. The molecule has 0 spiro atoms. The highest BCUT2D eigenvalue weighted by Gasteiger charge is 2.26. The predicted octanol–water partition coefficient (Wildman–Crippen LogP) is 5.38. The molecule has 4 aromatic rings. The summed E-state index contributed by atoms with van der Waals surface area (Å²) in [6.45, 7) is 7.74. The van der Waals surface area contributed by atoms with Crippen LogP contribution in [0.3, 0.4) is 0 Å². The molecule has 0 bridgehead atoms. The summed E-state index contributed by atoms with van der Waals surface area (Å²) in [5.74, 6) is 2.69. The Morgan fingerprint density at radius 2 is 1.72 bits per heavy atom. The Hall–Kier alpha value is -3.55. The van der Waals surface area contributed by atoms with E-state index < -0.39 is 0 Å². The molecule has 0 N–H and O–H groups in total. The van der Waals surface area contributed by atoms with Gasteiger partial charge in [-0.25, -0.2) is 19.0 Å². The van der Waals surface area contributed by atoms with Crippen molar-refractivity contribution in [2.45, 2.75) is 59.4 Å². The van der Waals surface area contributed by atoms with E-state index >= 15 is 0 Å². The van der Waals surface area contributed by atoms with Crippen LogP contribution in [0.2, 0.25) is 0 Å². The molecule has 8 heteroatoms. The van der Waals surface area contributed by atoms with Gasteiger partial charge in [0.05, 0.1) is 23.7 Å². The molecule has 0 atom stereocenters. The summed E-state index contributed by atoms with van der Waals surface area (Å²) in [6, 6.07) is 8.56. The summed E-state index contributed by atoms with van der Waals surface area (Å²) in [4.78, 5) is 9.10. The normalized spacial score (nSPS) is 15.4. The third kappa shape index (κ3) is 4.64. The molecule has 2 aliphatic rings. The van der Waals surface area contributed by atoms with Crippen molar-refractivity contribution >= 4 is 0 Å². The Balaban J connectivity index is 1.31. The summed E-state index contributed by atoms with van der Waals surface area (Å²) in [7, 11) is 0.